The van der Waals surface area contributed by atoms with E-state index in [0.717, 1.165) is 0 Å². The molecule has 0 radical (unpaired) electrons. The molecule has 1 aliphatic rings. The van der Waals surface area contributed by atoms with Crippen LogP contribution in [0, 0.1) is 0 Å². The van der Waals surface area contributed by atoms with E-state index < -0.39 is 0 Å². The molecule has 0 fully saturated rings. The standard InChI is InChI=1S/C17H13.2ClH.Zr/c1-3-7-14(8-4-1)16-11-12-17(13-16)15-9-5-2-6-10-15;;;/h1-12,16H;2*1H;/q;;;+2/p-2. The van der Waals surface area contributed by atoms with Crippen LogP contribution in [-0.2, 0) is 24.7 Å². The fourth-order valence-electron chi connectivity index (χ4n) is 2.35. The molecule has 0 heterocycles. The Balaban J connectivity index is 0.000001000. The van der Waals surface area contributed by atoms with Crippen molar-refractivity contribution in [2.45, 2.75) is 5.92 Å². The molecule has 2 aromatic rings. The number of halogens is 2. The van der Waals surface area contributed by atoms with E-state index in [-0.39, 0.29) is 24.8 Å². The second kappa shape index (κ2) is 7.98. The van der Waals surface area contributed by atoms with E-state index in [9.17, 15) is 0 Å². The quantitative estimate of drug-likeness (QED) is 0.584. The first-order valence-electron chi connectivity index (χ1n) is 6.10. The first-order valence-corrected chi connectivity index (χ1v) is 7.33. The van der Waals surface area contributed by atoms with Crippen molar-refractivity contribution in [1.82, 2.24) is 0 Å². The Morgan fingerprint density at radius 3 is 1.90 bits per heavy atom. The fourth-order valence-corrected chi connectivity index (χ4v) is 3.56. The van der Waals surface area contributed by atoms with Gasteiger partial charge in [-0.1, -0.05) is 0 Å². The average molecular weight is 379 g/mol. The number of hydrogen-bond donors (Lipinski definition) is 0. The molecule has 0 spiro atoms. The van der Waals surface area contributed by atoms with Gasteiger partial charge in [0, 0.05) is 0 Å². The molecular weight excluding hydrogens is 366 g/mol. The van der Waals surface area contributed by atoms with Gasteiger partial charge >= 0.3 is 123 Å². The molecule has 0 saturated heterocycles. The first kappa shape index (κ1) is 17.4. The molecule has 99 valence electrons. The van der Waals surface area contributed by atoms with Gasteiger partial charge in [-0.15, -0.1) is 0 Å². The second-order valence-electron chi connectivity index (χ2n) is 4.44. The maximum atomic E-state index is 2.32. The minimum atomic E-state index is 0. The van der Waals surface area contributed by atoms with E-state index in [1.54, 1.807) is 0 Å². The van der Waals surface area contributed by atoms with E-state index in [2.05, 4.69) is 72.8 Å². The molecule has 0 saturated carbocycles. The molecule has 0 aromatic heterocycles. The molecule has 0 aliphatic heterocycles. The molecule has 3 heteroatoms. The summed E-state index contributed by atoms with van der Waals surface area (Å²) in [6, 6.07) is 21.4. The van der Waals surface area contributed by atoms with Gasteiger partial charge in [0.1, 0.15) is 0 Å². The Kier molecular flexibility index (Phi) is 6.96. The van der Waals surface area contributed by atoms with Crippen LogP contribution in [0.5, 0.6) is 0 Å². The summed E-state index contributed by atoms with van der Waals surface area (Å²) >= 11 is 1.50. The van der Waals surface area contributed by atoms with E-state index >= 15 is 0 Å². The van der Waals surface area contributed by atoms with Crippen LogP contribution >= 0.6 is 0 Å². The molecule has 0 N–H and O–H groups in total. The molecule has 0 amide bonds. The van der Waals surface area contributed by atoms with Crippen LogP contribution in [0.2, 0.25) is 0 Å². The average Bonchev–Trinajstić information content (AvgIpc) is 2.83. The maximum absolute atomic E-state index is 2.32. The number of benzene rings is 2. The van der Waals surface area contributed by atoms with E-state index in [0.29, 0.717) is 5.92 Å². The number of hydrogen-bond acceptors (Lipinski definition) is 0. The third-order valence-electron chi connectivity index (χ3n) is 3.30. The fraction of sp³-hybridized carbons (Fsp3) is 0.0588. The summed E-state index contributed by atoms with van der Waals surface area (Å²) < 4.78 is 1.53. The zero-order valence-corrected chi connectivity index (χ0v) is 14.7. The van der Waals surface area contributed by atoms with Crippen molar-refractivity contribution in [2.24, 2.45) is 0 Å². The van der Waals surface area contributed by atoms with Crippen molar-refractivity contribution < 1.29 is 49.5 Å². The molecule has 0 nitrogen and oxygen atoms in total. The van der Waals surface area contributed by atoms with Gasteiger partial charge in [0.15, 0.2) is 0 Å². The van der Waals surface area contributed by atoms with Crippen LogP contribution in [0.4, 0.5) is 0 Å². The van der Waals surface area contributed by atoms with E-state index in [1.165, 1.54) is 44.7 Å². The molecule has 1 aliphatic carbocycles. The van der Waals surface area contributed by atoms with Gasteiger partial charge in [0.2, 0.25) is 0 Å². The summed E-state index contributed by atoms with van der Waals surface area (Å²) in [4.78, 5) is 0. The van der Waals surface area contributed by atoms with Crippen LogP contribution < -0.4 is 24.8 Å². The van der Waals surface area contributed by atoms with Gasteiger partial charge in [-0.05, 0) is 0 Å². The third kappa shape index (κ3) is 3.52. The summed E-state index contributed by atoms with van der Waals surface area (Å²) in [5, 5.41) is 0. The zero-order chi connectivity index (χ0) is 12.4. The predicted octanol–water partition coefficient (Wildman–Crippen LogP) is -1.69. The van der Waals surface area contributed by atoms with Gasteiger partial charge in [0.25, 0.3) is 0 Å². The molecular formula is C17H13Cl2Zr. The Hall–Kier alpha value is -0.617. The SMILES string of the molecule is [Cl-].[Cl-].[Zr+2][C]1=C(c2ccccc2)C=CC1c1ccccc1. The molecule has 0 bridgehead atoms. The minimum absolute atomic E-state index is 0. The van der Waals surface area contributed by atoms with E-state index in [1.807, 2.05) is 0 Å². The van der Waals surface area contributed by atoms with Crippen LogP contribution in [-0.4, -0.2) is 0 Å². The van der Waals surface area contributed by atoms with Crippen molar-refractivity contribution in [3.63, 3.8) is 0 Å². The first-order chi connectivity index (χ1) is 8.86. The topological polar surface area (TPSA) is 0 Å². The summed E-state index contributed by atoms with van der Waals surface area (Å²) in [5.41, 5.74) is 4.13. The van der Waals surface area contributed by atoms with Crippen molar-refractivity contribution in [3.8, 4) is 0 Å². The van der Waals surface area contributed by atoms with Gasteiger partial charge in [0.05, 0.1) is 0 Å². The van der Waals surface area contributed by atoms with Gasteiger partial charge < -0.3 is 24.8 Å². The Morgan fingerprint density at radius 1 is 0.750 bits per heavy atom. The van der Waals surface area contributed by atoms with E-state index in [4.69, 9.17) is 0 Å². The third-order valence-corrected chi connectivity index (χ3v) is 4.73. The van der Waals surface area contributed by atoms with Crippen LogP contribution in [0.3, 0.4) is 0 Å². The van der Waals surface area contributed by atoms with Crippen LogP contribution in [0.1, 0.15) is 17.0 Å². The van der Waals surface area contributed by atoms with Crippen molar-refractivity contribution in [1.29, 1.82) is 0 Å². The molecule has 3 rings (SSSR count). The Bertz CT molecular complexity index is 603. The summed E-state index contributed by atoms with van der Waals surface area (Å²) in [6.45, 7) is 0. The second-order valence-corrected chi connectivity index (χ2v) is 5.76. The van der Waals surface area contributed by atoms with Gasteiger partial charge in [-0.3, -0.25) is 0 Å². The zero-order valence-electron chi connectivity index (χ0n) is 10.8. The van der Waals surface area contributed by atoms with Gasteiger partial charge in [-0.25, -0.2) is 0 Å². The summed E-state index contributed by atoms with van der Waals surface area (Å²) in [6.07, 6.45) is 4.60. The van der Waals surface area contributed by atoms with Crippen molar-refractivity contribution >= 4 is 5.57 Å². The Morgan fingerprint density at radius 2 is 1.30 bits per heavy atom. The molecule has 1 atom stereocenters. The summed E-state index contributed by atoms with van der Waals surface area (Å²) in [7, 11) is 0. The van der Waals surface area contributed by atoms with Gasteiger partial charge in [-0.2, -0.15) is 0 Å². The van der Waals surface area contributed by atoms with Crippen molar-refractivity contribution in [2.75, 3.05) is 0 Å². The molecule has 20 heavy (non-hydrogen) atoms. The monoisotopic (exact) mass is 377 g/mol. The van der Waals surface area contributed by atoms with Crippen LogP contribution in [0.25, 0.3) is 5.57 Å². The number of rotatable bonds is 2. The number of allylic oxidation sites excluding steroid dienone is 4. The summed E-state index contributed by atoms with van der Waals surface area (Å²) in [5.74, 6) is 0.472. The Labute approximate surface area is 147 Å². The predicted molar refractivity (Wildman–Crippen MR) is 71.7 cm³/mol. The molecule has 2 aromatic carbocycles. The van der Waals surface area contributed by atoms with Crippen molar-refractivity contribution in [3.05, 3.63) is 87.2 Å². The normalized spacial score (nSPS) is 16.6. The van der Waals surface area contributed by atoms with Crippen LogP contribution in [0.15, 0.2) is 76.1 Å². The molecule has 1 unspecified atom stereocenters.